The van der Waals surface area contributed by atoms with Gasteiger partial charge in [0.25, 0.3) is 0 Å². The van der Waals surface area contributed by atoms with Gasteiger partial charge in [-0.25, -0.2) is 4.79 Å². The molecule has 1 saturated heterocycles. The third-order valence-electron chi connectivity index (χ3n) is 4.61. The molecule has 2 atom stereocenters. The molecule has 2 N–H and O–H groups in total. The van der Waals surface area contributed by atoms with E-state index in [2.05, 4.69) is 34.7 Å². The summed E-state index contributed by atoms with van der Waals surface area (Å²) in [6.45, 7) is 2.84. The molecule has 23 heavy (non-hydrogen) atoms. The molecular formula is C17H25N3O3. The first-order valence-electron chi connectivity index (χ1n) is 8.18. The van der Waals surface area contributed by atoms with Crippen molar-refractivity contribution in [2.75, 3.05) is 39.1 Å². The van der Waals surface area contributed by atoms with E-state index in [-0.39, 0.29) is 12.3 Å². The number of nitrogens with zero attached hydrogens (tertiary/aromatic N) is 1. The molecule has 2 aliphatic rings. The van der Waals surface area contributed by atoms with Gasteiger partial charge in [0.05, 0.1) is 6.10 Å². The third kappa shape index (κ3) is 4.22. The summed E-state index contributed by atoms with van der Waals surface area (Å²) in [6.07, 6.45) is 2.15. The molecule has 0 saturated carbocycles. The van der Waals surface area contributed by atoms with Crippen molar-refractivity contribution in [3.63, 3.8) is 0 Å². The van der Waals surface area contributed by atoms with Crippen LogP contribution in [-0.4, -0.2) is 57.1 Å². The van der Waals surface area contributed by atoms with Gasteiger partial charge in [-0.3, -0.25) is 10.6 Å². The zero-order chi connectivity index (χ0) is 16.2. The fraction of sp³-hybridized carbons (Fsp3) is 0.588. The SMILES string of the molecule is CO[C@H]1CN[C@H](OC(=O)Nc2ccc3c(c2)CCN(C)CC3)C1. The molecule has 0 unspecified atom stereocenters. The van der Waals surface area contributed by atoms with E-state index in [0.29, 0.717) is 13.0 Å². The van der Waals surface area contributed by atoms with E-state index in [4.69, 9.17) is 9.47 Å². The number of ether oxygens (including phenoxy) is 2. The van der Waals surface area contributed by atoms with Crippen LogP contribution in [0.4, 0.5) is 10.5 Å². The second kappa shape index (κ2) is 7.29. The molecule has 1 amide bonds. The van der Waals surface area contributed by atoms with E-state index >= 15 is 0 Å². The van der Waals surface area contributed by atoms with Gasteiger partial charge >= 0.3 is 6.09 Å². The van der Waals surface area contributed by atoms with Gasteiger partial charge in [-0.15, -0.1) is 0 Å². The first kappa shape index (κ1) is 16.2. The molecule has 1 aromatic carbocycles. The number of carbonyl (C=O) groups is 1. The Kier molecular flexibility index (Phi) is 5.15. The monoisotopic (exact) mass is 319 g/mol. The first-order valence-corrected chi connectivity index (χ1v) is 8.18. The third-order valence-corrected chi connectivity index (χ3v) is 4.61. The fourth-order valence-corrected chi connectivity index (χ4v) is 3.13. The summed E-state index contributed by atoms with van der Waals surface area (Å²) in [5.41, 5.74) is 3.47. The predicted molar refractivity (Wildman–Crippen MR) is 88.7 cm³/mol. The Balaban J connectivity index is 1.57. The molecule has 6 nitrogen and oxygen atoms in total. The van der Waals surface area contributed by atoms with Crippen LogP contribution in [0, 0.1) is 0 Å². The van der Waals surface area contributed by atoms with Crippen molar-refractivity contribution in [2.24, 2.45) is 0 Å². The summed E-state index contributed by atoms with van der Waals surface area (Å²) in [4.78, 5) is 14.4. The maximum atomic E-state index is 12.0. The number of nitrogens with one attached hydrogen (secondary N) is 2. The van der Waals surface area contributed by atoms with Crippen molar-refractivity contribution >= 4 is 11.8 Å². The summed E-state index contributed by atoms with van der Waals surface area (Å²) >= 11 is 0. The van der Waals surface area contributed by atoms with E-state index < -0.39 is 6.09 Å². The van der Waals surface area contributed by atoms with Crippen molar-refractivity contribution in [1.29, 1.82) is 0 Å². The lowest BCUT2D eigenvalue weighted by Crippen LogP contribution is -2.29. The highest BCUT2D eigenvalue weighted by Gasteiger charge is 2.26. The van der Waals surface area contributed by atoms with Gasteiger partial charge in [-0.1, -0.05) is 6.07 Å². The minimum atomic E-state index is -0.426. The van der Waals surface area contributed by atoms with Crippen LogP contribution in [0.2, 0.25) is 0 Å². The Bertz CT molecular complexity index is 564. The molecule has 3 rings (SSSR count). The molecule has 0 spiro atoms. The second-order valence-electron chi connectivity index (χ2n) is 6.31. The number of likely N-dealkylation sites (N-methyl/N-ethyl adjacent to an activating group) is 1. The Morgan fingerprint density at radius 2 is 2.09 bits per heavy atom. The summed E-state index contributed by atoms with van der Waals surface area (Å²) in [5, 5.41) is 5.95. The lowest BCUT2D eigenvalue weighted by Gasteiger charge is -2.14. The fourth-order valence-electron chi connectivity index (χ4n) is 3.13. The Morgan fingerprint density at radius 1 is 1.30 bits per heavy atom. The van der Waals surface area contributed by atoms with Gasteiger partial charge < -0.3 is 14.4 Å². The maximum Gasteiger partial charge on any atom is 0.413 e. The van der Waals surface area contributed by atoms with Crippen LogP contribution in [0.1, 0.15) is 17.5 Å². The van der Waals surface area contributed by atoms with E-state index in [1.807, 2.05) is 6.07 Å². The molecule has 0 bridgehead atoms. The van der Waals surface area contributed by atoms with Gasteiger partial charge in [0, 0.05) is 38.9 Å². The summed E-state index contributed by atoms with van der Waals surface area (Å²) in [7, 11) is 3.81. The van der Waals surface area contributed by atoms with Crippen molar-refractivity contribution in [1.82, 2.24) is 10.2 Å². The van der Waals surface area contributed by atoms with Crippen LogP contribution >= 0.6 is 0 Å². The molecule has 126 valence electrons. The quantitative estimate of drug-likeness (QED) is 0.886. The van der Waals surface area contributed by atoms with Gasteiger partial charge in [-0.2, -0.15) is 0 Å². The molecule has 1 aromatic rings. The predicted octanol–water partition coefficient (Wildman–Crippen LogP) is 1.60. The number of fused-ring (bicyclic) bond motifs is 1. The van der Waals surface area contributed by atoms with Crippen molar-refractivity contribution in [2.45, 2.75) is 31.6 Å². The minimum Gasteiger partial charge on any atom is -0.430 e. The average molecular weight is 319 g/mol. The topological polar surface area (TPSA) is 62.8 Å². The lowest BCUT2D eigenvalue weighted by atomic mass is 10.0. The average Bonchev–Trinajstić information content (AvgIpc) is 2.90. The van der Waals surface area contributed by atoms with Crippen LogP contribution in [0.5, 0.6) is 0 Å². The molecule has 0 aromatic heterocycles. The highest BCUT2D eigenvalue weighted by atomic mass is 16.6. The number of methoxy groups -OCH3 is 1. The highest BCUT2D eigenvalue weighted by molar-refractivity contribution is 5.84. The zero-order valence-corrected chi connectivity index (χ0v) is 13.8. The smallest absolute Gasteiger partial charge is 0.413 e. The van der Waals surface area contributed by atoms with Gasteiger partial charge in [-0.05, 0) is 43.1 Å². The van der Waals surface area contributed by atoms with E-state index in [9.17, 15) is 4.79 Å². The number of rotatable bonds is 3. The molecule has 1 fully saturated rings. The summed E-state index contributed by atoms with van der Waals surface area (Å²) in [5.74, 6) is 0. The molecular weight excluding hydrogens is 294 g/mol. The lowest BCUT2D eigenvalue weighted by molar-refractivity contribution is 0.0767. The van der Waals surface area contributed by atoms with Crippen LogP contribution in [0.3, 0.4) is 0 Å². The minimum absolute atomic E-state index is 0.109. The normalized spacial score (nSPS) is 24.8. The van der Waals surface area contributed by atoms with Gasteiger partial charge in [0.1, 0.15) is 0 Å². The number of anilines is 1. The zero-order valence-electron chi connectivity index (χ0n) is 13.8. The maximum absolute atomic E-state index is 12.0. The Labute approximate surface area is 137 Å². The van der Waals surface area contributed by atoms with Crippen molar-refractivity contribution in [3.05, 3.63) is 29.3 Å². The first-order chi connectivity index (χ1) is 11.1. The number of benzene rings is 1. The highest BCUT2D eigenvalue weighted by Crippen LogP contribution is 2.20. The van der Waals surface area contributed by atoms with Crippen molar-refractivity contribution < 1.29 is 14.3 Å². The van der Waals surface area contributed by atoms with Crippen molar-refractivity contribution in [3.8, 4) is 0 Å². The Hall–Kier alpha value is -1.63. The van der Waals surface area contributed by atoms with Crippen LogP contribution < -0.4 is 10.6 Å². The van der Waals surface area contributed by atoms with E-state index in [1.54, 1.807) is 7.11 Å². The molecule has 2 aliphatic heterocycles. The summed E-state index contributed by atoms with van der Waals surface area (Å²) < 4.78 is 10.6. The number of hydrogen-bond acceptors (Lipinski definition) is 5. The summed E-state index contributed by atoms with van der Waals surface area (Å²) in [6, 6.07) is 6.13. The number of amides is 1. The molecule has 6 heteroatoms. The second-order valence-corrected chi connectivity index (χ2v) is 6.31. The Morgan fingerprint density at radius 3 is 2.83 bits per heavy atom. The molecule has 0 aliphatic carbocycles. The van der Waals surface area contributed by atoms with Gasteiger partial charge in [0.2, 0.25) is 0 Å². The molecule has 2 heterocycles. The van der Waals surface area contributed by atoms with Crippen LogP contribution in [0.15, 0.2) is 18.2 Å². The van der Waals surface area contributed by atoms with Crippen LogP contribution in [0.25, 0.3) is 0 Å². The van der Waals surface area contributed by atoms with Gasteiger partial charge in [0.15, 0.2) is 6.23 Å². The van der Waals surface area contributed by atoms with E-state index in [1.165, 1.54) is 11.1 Å². The van der Waals surface area contributed by atoms with Crippen LogP contribution in [-0.2, 0) is 22.3 Å². The molecule has 0 radical (unpaired) electrons. The van der Waals surface area contributed by atoms with E-state index in [0.717, 1.165) is 31.6 Å². The number of hydrogen-bond donors (Lipinski definition) is 2. The standard InChI is InChI=1S/C17H25N3O3/c1-20-7-5-12-3-4-14(9-13(12)6-8-20)19-17(21)23-16-10-15(22-2)11-18-16/h3-4,9,15-16,18H,5-8,10-11H2,1-2H3,(H,19,21)/t15-,16-/m1/s1. The largest absolute Gasteiger partial charge is 0.430 e. The number of carbonyl (C=O) groups excluding carboxylic acids is 1.